The third kappa shape index (κ3) is 4.76. The van der Waals surface area contributed by atoms with Crippen molar-refractivity contribution in [2.45, 2.75) is 19.3 Å². The summed E-state index contributed by atoms with van der Waals surface area (Å²) < 4.78 is 9.76. The van der Waals surface area contributed by atoms with E-state index in [4.69, 9.17) is 4.42 Å². The Morgan fingerprint density at radius 1 is 1.00 bits per heavy atom. The number of hydrogen-bond acceptors (Lipinski definition) is 5. The predicted molar refractivity (Wildman–Crippen MR) is 75.8 cm³/mol. The van der Waals surface area contributed by atoms with E-state index < -0.39 is 0 Å². The van der Waals surface area contributed by atoms with Crippen LogP contribution in [0.5, 0.6) is 0 Å². The van der Waals surface area contributed by atoms with Crippen LogP contribution in [0.3, 0.4) is 0 Å². The van der Waals surface area contributed by atoms with Gasteiger partial charge in [0.2, 0.25) is 0 Å². The first-order valence-corrected chi connectivity index (χ1v) is 6.69. The zero-order valence-corrected chi connectivity index (χ0v) is 11.3. The second-order valence-electron chi connectivity index (χ2n) is 4.41. The van der Waals surface area contributed by atoms with Crippen molar-refractivity contribution in [1.82, 2.24) is 5.01 Å². The van der Waals surface area contributed by atoms with Crippen molar-refractivity contribution in [3.63, 3.8) is 0 Å². The molecule has 5 heteroatoms. The molecule has 0 aromatic carbocycles. The van der Waals surface area contributed by atoms with Crippen molar-refractivity contribution in [2.75, 3.05) is 13.1 Å². The normalized spacial score (nSPS) is 14.9. The first kappa shape index (κ1) is 14.1. The molecule has 0 saturated carbocycles. The summed E-state index contributed by atoms with van der Waals surface area (Å²) in [6, 6.07) is 7.06. The summed E-state index contributed by atoms with van der Waals surface area (Å²) >= 11 is 0. The number of rotatable bonds is 3. The fourth-order valence-electron chi connectivity index (χ4n) is 1.85. The van der Waals surface area contributed by atoms with Gasteiger partial charge in [0, 0.05) is 13.1 Å². The van der Waals surface area contributed by atoms with Crippen LogP contribution in [0.25, 0.3) is 0 Å². The topological polar surface area (TPSA) is 59.0 Å². The number of hydrogen-bond donors (Lipinski definition) is 0. The summed E-state index contributed by atoms with van der Waals surface area (Å²) in [6.45, 7) is 2.16. The van der Waals surface area contributed by atoms with Gasteiger partial charge in [0.1, 0.15) is 5.76 Å². The van der Waals surface area contributed by atoms with Crippen LogP contribution in [-0.4, -0.2) is 30.6 Å². The maximum atomic E-state index is 9.77. The van der Waals surface area contributed by atoms with Crippen LogP contribution < -0.4 is 0 Å². The molecule has 0 unspecified atom stereocenters. The monoisotopic (exact) mass is 274 g/mol. The van der Waals surface area contributed by atoms with Gasteiger partial charge in [-0.05, 0) is 43.5 Å². The molecule has 1 saturated heterocycles. The Morgan fingerprint density at radius 2 is 1.65 bits per heavy atom. The summed E-state index contributed by atoms with van der Waals surface area (Å²) in [5.74, 6) is 1.20. The minimum atomic E-state index is 0.375. The fraction of sp³-hybridized carbons (Fsp3) is 0.333. The lowest BCUT2D eigenvalue weighted by Gasteiger charge is -2.22. The Morgan fingerprint density at radius 3 is 2.15 bits per heavy atom. The van der Waals surface area contributed by atoms with E-state index in [1.165, 1.54) is 25.5 Å². The number of aldehydes is 1. The van der Waals surface area contributed by atoms with Crippen molar-refractivity contribution in [1.29, 1.82) is 0 Å². The van der Waals surface area contributed by atoms with Gasteiger partial charge in [0.05, 0.1) is 18.7 Å². The zero-order chi connectivity index (χ0) is 14.0. The molecule has 1 aliphatic heterocycles. The molecule has 20 heavy (non-hydrogen) atoms. The summed E-state index contributed by atoms with van der Waals surface area (Å²) in [5.41, 5.74) is 0. The van der Waals surface area contributed by atoms with E-state index in [2.05, 4.69) is 14.5 Å². The third-order valence-electron chi connectivity index (χ3n) is 2.88. The maximum absolute atomic E-state index is 9.77. The number of hydrazone groups is 1. The number of carbonyl (C=O) groups excluding carboxylic acids is 1. The molecular formula is C15H18N2O3. The van der Waals surface area contributed by atoms with E-state index in [1.54, 1.807) is 24.6 Å². The lowest BCUT2D eigenvalue weighted by atomic mass is 10.2. The molecule has 1 aliphatic rings. The van der Waals surface area contributed by atoms with Gasteiger partial charge in [-0.3, -0.25) is 9.80 Å². The van der Waals surface area contributed by atoms with Gasteiger partial charge in [0.25, 0.3) is 0 Å². The molecule has 0 spiro atoms. The largest absolute Gasteiger partial charge is 0.463 e. The van der Waals surface area contributed by atoms with Crippen molar-refractivity contribution < 1.29 is 13.6 Å². The van der Waals surface area contributed by atoms with Crippen LogP contribution in [0, 0.1) is 0 Å². The molecule has 5 nitrogen and oxygen atoms in total. The highest BCUT2D eigenvalue weighted by Crippen LogP contribution is 2.08. The lowest BCUT2D eigenvalue weighted by molar-refractivity contribution is 0.110. The van der Waals surface area contributed by atoms with Crippen molar-refractivity contribution in [3.05, 3.63) is 48.3 Å². The molecule has 106 valence electrons. The minimum Gasteiger partial charge on any atom is -0.463 e. The highest BCUT2D eigenvalue weighted by molar-refractivity contribution is 5.75. The Kier molecular flexibility index (Phi) is 5.64. The molecule has 0 radical (unpaired) electrons. The molecule has 0 aliphatic carbocycles. The average molecular weight is 274 g/mol. The standard InChI is InChI=1S/C10H14N2O.C5H4O2/c1-2-6-12(7-3-1)11-9-10-5-4-8-13-10;6-4-5-2-1-3-7-5/h4-5,8-9H,1-3,6-7H2;1-4H/b11-9+;. The van der Waals surface area contributed by atoms with Gasteiger partial charge < -0.3 is 8.83 Å². The number of furan rings is 2. The highest BCUT2D eigenvalue weighted by Gasteiger charge is 2.05. The molecule has 0 bridgehead atoms. The zero-order valence-electron chi connectivity index (χ0n) is 11.3. The van der Waals surface area contributed by atoms with Crippen LogP contribution >= 0.6 is 0 Å². The van der Waals surface area contributed by atoms with Crippen LogP contribution in [0.2, 0.25) is 0 Å². The van der Waals surface area contributed by atoms with Gasteiger partial charge in [-0.15, -0.1) is 0 Å². The van der Waals surface area contributed by atoms with E-state index in [0.29, 0.717) is 12.0 Å². The summed E-state index contributed by atoms with van der Waals surface area (Å²) in [5, 5.41) is 6.44. The average Bonchev–Trinajstić information content (AvgIpc) is 3.20. The van der Waals surface area contributed by atoms with E-state index >= 15 is 0 Å². The molecule has 0 atom stereocenters. The molecular weight excluding hydrogens is 256 g/mol. The number of carbonyl (C=O) groups is 1. The van der Waals surface area contributed by atoms with E-state index in [0.717, 1.165) is 18.8 Å². The van der Waals surface area contributed by atoms with E-state index in [1.807, 2.05) is 12.1 Å². The van der Waals surface area contributed by atoms with Gasteiger partial charge >= 0.3 is 0 Å². The molecule has 3 rings (SSSR count). The van der Waals surface area contributed by atoms with Crippen LogP contribution in [0.15, 0.2) is 50.7 Å². The molecule has 2 aromatic heterocycles. The van der Waals surface area contributed by atoms with Crippen LogP contribution in [0.4, 0.5) is 0 Å². The highest BCUT2D eigenvalue weighted by atomic mass is 16.3. The van der Waals surface area contributed by atoms with Crippen LogP contribution in [-0.2, 0) is 0 Å². The summed E-state index contributed by atoms with van der Waals surface area (Å²) in [4.78, 5) is 9.77. The fourth-order valence-corrected chi connectivity index (χ4v) is 1.85. The predicted octanol–water partition coefficient (Wildman–Crippen LogP) is 3.19. The Hall–Kier alpha value is -2.30. The molecule has 3 heterocycles. The van der Waals surface area contributed by atoms with Crippen LogP contribution in [0.1, 0.15) is 35.6 Å². The first-order chi connectivity index (χ1) is 9.88. The van der Waals surface area contributed by atoms with E-state index in [9.17, 15) is 4.79 Å². The summed E-state index contributed by atoms with van der Waals surface area (Å²) in [7, 11) is 0. The van der Waals surface area contributed by atoms with Crippen molar-refractivity contribution in [3.8, 4) is 0 Å². The van der Waals surface area contributed by atoms with Gasteiger partial charge in [-0.1, -0.05) is 0 Å². The lowest BCUT2D eigenvalue weighted by Crippen LogP contribution is -2.24. The second-order valence-corrected chi connectivity index (χ2v) is 4.41. The first-order valence-electron chi connectivity index (χ1n) is 6.69. The van der Waals surface area contributed by atoms with Gasteiger partial charge in [-0.25, -0.2) is 0 Å². The molecule has 0 N–H and O–H groups in total. The molecule has 0 amide bonds. The Labute approximate surface area is 117 Å². The number of piperidine rings is 1. The SMILES string of the molecule is C(=N\N1CCCCC1)/c1ccco1.O=Cc1ccco1. The quantitative estimate of drug-likeness (QED) is 0.637. The van der Waals surface area contributed by atoms with Crippen molar-refractivity contribution >= 4 is 12.5 Å². The second kappa shape index (κ2) is 7.99. The maximum Gasteiger partial charge on any atom is 0.185 e. The summed E-state index contributed by atoms with van der Waals surface area (Å²) in [6.07, 6.45) is 9.43. The van der Waals surface area contributed by atoms with Gasteiger partial charge in [0.15, 0.2) is 12.0 Å². The third-order valence-corrected chi connectivity index (χ3v) is 2.88. The molecule has 1 fully saturated rings. The molecule has 2 aromatic rings. The Balaban J connectivity index is 0.000000178. The van der Waals surface area contributed by atoms with Gasteiger partial charge in [-0.2, -0.15) is 5.10 Å². The minimum absolute atomic E-state index is 0.375. The number of nitrogens with zero attached hydrogens (tertiary/aromatic N) is 2. The van der Waals surface area contributed by atoms with Crippen molar-refractivity contribution in [2.24, 2.45) is 5.10 Å². The van der Waals surface area contributed by atoms with E-state index in [-0.39, 0.29) is 0 Å². The smallest absolute Gasteiger partial charge is 0.185 e. The Bertz CT molecular complexity index is 497.